The fourth-order valence-corrected chi connectivity index (χ4v) is 3.21. The van der Waals surface area contributed by atoms with Gasteiger partial charge in [-0.15, -0.1) is 0 Å². The SMILES string of the molecule is O=C(CCNS(=O)(=O)c1ccc([N+](=O)[O-])cc1)Nc1ccccc1C(F)(F)F. The van der Waals surface area contributed by atoms with E-state index < -0.39 is 44.7 Å². The van der Waals surface area contributed by atoms with E-state index in [1.807, 2.05) is 0 Å². The molecular weight excluding hydrogens is 403 g/mol. The molecule has 0 aromatic heterocycles. The van der Waals surface area contributed by atoms with Crippen molar-refractivity contribution in [1.82, 2.24) is 4.72 Å². The van der Waals surface area contributed by atoms with Crippen LogP contribution in [0, 0.1) is 10.1 Å². The molecule has 0 aliphatic rings. The summed E-state index contributed by atoms with van der Waals surface area (Å²) in [6.07, 6.45) is -5.07. The van der Waals surface area contributed by atoms with Crippen molar-refractivity contribution in [1.29, 1.82) is 0 Å². The van der Waals surface area contributed by atoms with Crippen molar-refractivity contribution in [3.63, 3.8) is 0 Å². The van der Waals surface area contributed by atoms with E-state index in [4.69, 9.17) is 0 Å². The molecule has 2 N–H and O–H groups in total. The number of para-hydroxylation sites is 1. The minimum Gasteiger partial charge on any atom is -0.325 e. The van der Waals surface area contributed by atoms with Crippen LogP contribution in [-0.4, -0.2) is 25.8 Å². The minimum absolute atomic E-state index is 0.249. The Balaban J connectivity index is 1.96. The lowest BCUT2D eigenvalue weighted by atomic mass is 10.1. The Morgan fingerprint density at radius 1 is 1.07 bits per heavy atom. The van der Waals surface area contributed by atoms with E-state index in [-0.39, 0.29) is 17.1 Å². The van der Waals surface area contributed by atoms with Crippen LogP contribution in [0.3, 0.4) is 0 Å². The zero-order chi connectivity index (χ0) is 20.9. The van der Waals surface area contributed by atoms with Gasteiger partial charge in [0.05, 0.1) is 21.1 Å². The highest BCUT2D eigenvalue weighted by atomic mass is 32.2. The van der Waals surface area contributed by atoms with E-state index in [0.29, 0.717) is 0 Å². The highest BCUT2D eigenvalue weighted by Crippen LogP contribution is 2.34. The number of benzene rings is 2. The van der Waals surface area contributed by atoms with Gasteiger partial charge in [-0.05, 0) is 24.3 Å². The van der Waals surface area contributed by atoms with Crippen LogP contribution < -0.4 is 10.0 Å². The first kappa shape index (κ1) is 21.3. The predicted octanol–water partition coefficient (Wildman–Crippen LogP) is 2.92. The van der Waals surface area contributed by atoms with Gasteiger partial charge in [-0.3, -0.25) is 14.9 Å². The molecule has 0 unspecified atom stereocenters. The lowest BCUT2D eigenvalue weighted by Gasteiger charge is -2.13. The van der Waals surface area contributed by atoms with Crippen molar-refractivity contribution in [2.24, 2.45) is 0 Å². The van der Waals surface area contributed by atoms with E-state index in [9.17, 15) is 36.5 Å². The third-order valence-corrected chi connectivity index (χ3v) is 4.99. The average Bonchev–Trinajstić information content (AvgIpc) is 2.61. The first-order valence-corrected chi connectivity index (χ1v) is 9.19. The second-order valence-corrected chi connectivity index (χ2v) is 7.26. The second-order valence-electron chi connectivity index (χ2n) is 5.49. The van der Waals surface area contributed by atoms with Crippen LogP contribution >= 0.6 is 0 Å². The molecule has 8 nitrogen and oxygen atoms in total. The number of nitrogens with zero attached hydrogens (tertiary/aromatic N) is 1. The Morgan fingerprint density at radius 2 is 1.68 bits per heavy atom. The van der Waals surface area contributed by atoms with Crippen molar-refractivity contribution in [2.75, 3.05) is 11.9 Å². The predicted molar refractivity (Wildman–Crippen MR) is 93.0 cm³/mol. The van der Waals surface area contributed by atoms with Crippen molar-refractivity contribution in [3.05, 3.63) is 64.2 Å². The van der Waals surface area contributed by atoms with Gasteiger partial charge < -0.3 is 5.32 Å². The van der Waals surface area contributed by atoms with Gasteiger partial charge in [-0.2, -0.15) is 13.2 Å². The van der Waals surface area contributed by atoms with Gasteiger partial charge in [0.15, 0.2) is 0 Å². The number of alkyl halides is 3. The molecule has 2 aromatic rings. The molecular formula is C16H14F3N3O5S. The number of nitrogens with one attached hydrogen (secondary N) is 2. The first-order chi connectivity index (χ1) is 13.0. The zero-order valence-electron chi connectivity index (χ0n) is 14.1. The smallest absolute Gasteiger partial charge is 0.325 e. The molecule has 0 spiro atoms. The molecule has 150 valence electrons. The van der Waals surface area contributed by atoms with Crippen molar-refractivity contribution in [2.45, 2.75) is 17.5 Å². The van der Waals surface area contributed by atoms with Gasteiger partial charge in [0.1, 0.15) is 0 Å². The van der Waals surface area contributed by atoms with Crippen LogP contribution in [0.5, 0.6) is 0 Å². The van der Waals surface area contributed by atoms with E-state index in [1.165, 1.54) is 12.1 Å². The Morgan fingerprint density at radius 3 is 2.25 bits per heavy atom. The molecule has 0 saturated carbocycles. The quantitative estimate of drug-likeness (QED) is 0.530. The van der Waals surface area contributed by atoms with E-state index >= 15 is 0 Å². The molecule has 28 heavy (non-hydrogen) atoms. The molecule has 0 heterocycles. The number of nitro groups is 1. The summed E-state index contributed by atoms with van der Waals surface area (Å²) in [6, 6.07) is 8.47. The maximum absolute atomic E-state index is 12.9. The molecule has 0 aliphatic heterocycles. The van der Waals surface area contributed by atoms with Crippen molar-refractivity contribution < 1.29 is 31.3 Å². The monoisotopic (exact) mass is 417 g/mol. The van der Waals surface area contributed by atoms with Crippen molar-refractivity contribution in [3.8, 4) is 0 Å². The largest absolute Gasteiger partial charge is 0.418 e. The average molecular weight is 417 g/mol. The summed E-state index contributed by atoms with van der Waals surface area (Å²) in [6.45, 7) is -0.376. The summed E-state index contributed by atoms with van der Waals surface area (Å²) in [4.78, 5) is 21.5. The normalized spacial score (nSPS) is 11.8. The number of sulfonamides is 1. The third-order valence-electron chi connectivity index (χ3n) is 3.51. The van der Waals surface area contributed by atoms with Crippen LogP contribution in [0.1, 0.15) is 12.0 Å². The molecule has 0 atom stereocenters. The minimum atomic E-state index is -4.65. The van der Waals surface area contributed by atoms with E-state index in [0.717, 1.165) is 36.4 Å². The van der Waals surface area contributed by atoms with Gasteiger partial charge in [0.2, 0.25) is 15.9 Å². The number of hydrogen-bond acceptors (Lipinski definition) is 5. The highest BCUT2D eigenvalue weighted by Gasteiger charge is 2.33. The summed E-state index contributed by atoms with van der Waals surface area (Å²) in [5.74, 6) is -0.817. The van der Waals surface area contributed by atoms with Crippen molar-refractivity contribution >= 4 is 27.3 Å². The standard InChI is InChI=1S/C16H14F3N3O5S/c17-16(18,19)13-3-1-2-4-14(13)21-15(23)9-10-20-28(26,27)12-7-5-11(6-8-12)22(24)25/h1-8,20H,9-10H2,(H,21,23). The van der Waals surface area contributed by atoms with Crippen LogP contribution in [0.15, 0.2) is 53.4 Å². The van der Waals surface area contributed by atoms with Gasteiger partial charge >= 0.3 is 6.18 Å². The molecule has 2 rings (SSSR count). The molecule has 12 heteroatoms. The van der Waals surface area contributed by atoms with Gasteiger partial charge in [-0.25, -0.2) is 13.1 Å². The number of nitro benzene ring substituents is 1. The van der Waals surface area contributed by atoms with Crippen LogP contribution in [0.2, 0.25) is 0 Å². The summed E-state index contributed by atoms with van der Waals surface area (Å²) in [5.41, 5.74) is -1.74. The van der Waals surface area contributed by atoms with E-state index in [2.05, 4.69) is 10.0 Å². The number of non-ortho nitro benzene ring substituents is 1. The molecule has 1 amide bonds. The highest BCUT2D eigenvalue weighted by molar-refractivity contribution is 7.89. The molecule has 0 saturated heterocycles. The Labute approximate surface area is 157 Å². The van der Waals surface area contributed by atoms with Gasteiger partial charge in [-0.1, -0.05) is 12.1 Å². The lowest BCUT2D eigenvalue weighted by molar-refractivity contribution is -0.384. The number of carbonyl (C=O) groups excluding carboxylic acids is 1. The maximum atomic E-state index is 12.9. The molecule has 2 aromatic carbocycles. The van der Waals surface area contributed by atoms with Crippen LogP contribution in [0.4, 0.5) is 24.5 Å². The maximum Gasteiger partial charge on any atom is 0.418 e. The summed E-state index contributed by atoms with van der Waals surface area (Å²) in [7, 11) is -4.04. The van der Waals surface area contributed by atoms with Crippen LogP contribution in [0.25, 0.3) is 0 Å². The topological polar surface area (TPSA) is 118 Å². The summed E-state index contributed by atoms with van der Waals surface area (Å²) in [5, 5.41) is 12.7. The number of hydrogen-bond donors (Lipinski definition) is 2. The molecule has 0 bridgehead atoms. The molecule has 0 fully saturated rings. The molecule has 0 aliphatic carbocycles. The third kappa shape index (κ3) is 5.50. The fourth-order valence-electron chi connectivity index (χ4n) is 2.18. The number of rotatable bonds is 7. The Bertz CT molecular complexity index is 976. The molecule has 0 radical (unpaired) electrons. The number of halogens is 3. The van der Waals surface area contributed by atoms with E-state index in [1.54, 1.807) is 0 Å². The Kier molecular flexibility index (Phi) is 6.36. The van der Waals surface area contributed by atoms with Crippen LogP contribution in [-0.2, 0) is 21.0 Å². The van der Waals surface area contributed by atoms with Gasteiger partial charge in [0.25, 0.3) is 5.69 Å². The van der Waals surface area contributed by atoms with Gasteiger partial charge in [0, 0.05) is 25.1 Å². The number of amides is 1. The number of anilines is 1. The summed E-state index contributed by atoms with van der Waals surface area (Å²) < 4.78 is 64.9. The zero-order valence-corrected chi connectivity index (χ0v) is 14.9. The fraction of sp³-hybridized carbons (Fsp3) is 0.188. The Hall–Kier alpha value is -2.99. The second kappa shape index (κ2) is 8.35. The lowest BCUT2D eigenvalue weighted by Crippen LogP contribution is -2.28. The summed E-state index contributed by atoms with van der Waals surface area (Å²) >= 11 is 0. The first-order valence-electron chi connectivity index (χ1n) is 7.71. The number of carbonyl (C=O) groups is 1.